The van der Waals surface area contributed by atoms with Crippen LogP contribution in [0.3, 0.4) is 0 Å². The normalized spacial score (nSPS) is 10.6. The maximum Gasteiger partial charge on any atom is 0.318 e. The third kappa shape index (κ3) is 2.59. The number of hydrogen-bond donors (Lipinski definition) is 1. The van der Waals surface area contributed by atoms with Gasteiger partial charge in [0.2, 0.25) is 5.89 Å². The summed E-state index contributed by atoms with van der Waals surface area (Å²) in [5, 5.41) is 9.95. The van der Waals surface area contributed by atoms with Crippen molar-refractivity contribution in [3.63, 3.8) is 0 Å². The molecule has 0 saturated heterocycles. The molecule has 2 N–H and O–H groups in total. The molecule has 6 heteroatoms. The molecule has 0 spiro atoms. The predicted molar refractivity (Wildman–Crippen MR) is 63.5 cm³/mol. The van der Waals surface area contributed by atoms with Gasteiger partial charge >= 0.3 is 6.01 Å². The lowest BCUT2D eigenvalue weighted by atomic mass is 10.4. The van der Waals surface area contributed by atoms with E-state index in [0.29, 0.717) is 24.9 Å². The van der Waals surface area contributed by atoms with Crippen molar-refractivity contribution in [3.8, 4) is 0 Å². The number of rotatable bonds is 5. The Kier molecular flexibility index (Phi) is 3.53. The molecule has 2 aromatic rings. The second-order valence-corrected chi connectivity index (χ2v) is 4.48. The molecule has 2 heterocycles. The van der Waals surface area contributed by atoms with Crippen molar-refractivity contribution in [2.75, 3.05) is 18.5 Å². The Hall–Kier alpha value is -1.40. The van der Waals surface area contributed by atoms with E-state index in [2.05, 4.69) is 21.6 Å². The van der Waals surface area contributed by atoms with Crippen molar-refractivity contribution < 1.29 is 4.42 Å². The van der Waals surface area contributed by atoms with Gasteiger partial charge in [-0.25, -0.2) is 0 Å². The molecular formula is C10H14N4OS. The number of nitrogens with zero attached hydrogens (tertiary/aromatic N) is 3. The number of thiophene rings is 1. The van der Waals surface area contributed by atoms with Gasteiger partial charge in [-0.15, -0.1) is 16.4 Å². The number of nitrogens with two attached hydrogens (primary N) is 1. The summed E-state index contributed by atoms with van der Waals surface area (Å²) in [6, 6.07) is 4.65. The maximum absolute atomic E-state index is 5.46. The van der Waals surface area contributed by atoms with Crippen LogP contribution in [-0.4, -0.2) is 23.8 Å². The van der Waals surface area contributed by atoms with Gasteiger partial charge in [0, 0.05) is 24.9 Å². The Morgan fingerprint density at radius 2 is 2.38 bits per heavy atom. The number of anilines is 1. The molecule has 0 aliphatic rings. The van der Waals surface area contributed by atoms with Gasteiger partial charge in [0.15, 0.2) is 0 Å². The summed E-state index contributed by atoms with van der Waals surface area (Å²) >= 11 is 1.71. The molecule has 0 saturated carbocycles. The molecule has 0 aliphatic heterocycles. The fourth-order valence-corrected chi connectivity index (χ4v) is 2.08. The summed E-state index contributed by atoms with van der Waals surface area (Å²) in [6.07, 6.45) is 0.625. The Balaban J connectivity index is 2.00. The first-order chi connectivity index (χ1) is 7.79. The van der Waals surface area contributed by atoms with E-state index in [4.69, 9.17) is 10.2 Å². The lowest BCUT2D eigenvalue weighted by Crippen LogP contribution is -2.15. The van der Waals surface area contributed by atoms with Crippen LogP contribution in [0.4, 0.5) is 6.01 Å². The van der Waals surface area contributed by atoms with Crippen LogP contribution in [0.25, 0.3) is 0 Å². The van der Waals surface area contributed by atoms with Gasteiger partial charge in [-0.2, -0.15) is 0 Å². The average molecular weight is 238 g/mol. The highest BCUT2D eigenvalue weighted by Gasteiger charge is 2.10. The van der Waals surface area contributed by atoms with E-state index >= 15 is 0 Å². The van der Waals surface area contributed by atoms with Crippen LogP contribution in [0.1, 0.15) is 10.8 Å². The van der Waals surface area contributed by atoms with Crippen LogP contribution in [0, 0.1) is 0 Å². The van der Waals surface area contributed by atoms with E-state index in [1.165, 1.54) is 4.88 Å². The standard InChI is InChI=1S/C10H14N4OS/c1-14(7-8-3-2-6-16-8)10-13-12-9(15-10)4-5-11/h2-3,6H,4-5,7,11H2,1H3. The zero-order chi connectivity index (χ0) is 11.4. The van der Waals surface area contributed by atoms with Gasteiger partial charge in [0.25, 0.3) is 0 Å². The van der Waals surface area contributed by atoms with Crippen molar-refractivity contribution in [3.05, 3.63) is 28.3 Å². The quantitative estimate of drug-likeness (QED) is 0.849. The Morgan fingerprint density at radius 3 is 3.06 bits per heavy atom. The Bertz CT molecular complexity index is 426. The van der Waals surface area contributed by atoms with Crippen molar-refractivity contribution in [2.24, 2.45) is 5.73 Å². The van der Waals surface area contributed by atoms with Gasteiger partial charge < -0.3 is 15.1 Å². The van der Waals surface area contributed by atoms with Crippen molar-refractivity contribution >= 4 is 17.4 Å². The minimum atomic E-state index is 0.524. The molecule has 0 aromatic carbocycles. The average Bonchev–Trinajstić information content (AvgIpc) is 2.89. The summed E-state index contributed by atoms with van der Waals surface area (Å²) in [4.78, 5) is 3.19. The van der Waals surface area contributed by atoms with Gasteiger partial charge in [0.1, 0.15) is 0 Å². The van der Waals surface area contributed by atoms with Crippen LogP contribution >= 0.6 is 11.3 Å². The topological polar surface area (TPSA) is 68.2 Å². The third-order valence-corrected chi connectivity index (χ3v) is 2.98. The van der Waals surface area contributed by atoms with Gasteiger partial charge in [0.05, 0.1) is 6.54 Å². The van der Waals surface area contributed by atoms with E-state index in [9.17, 15) is 0 Å². The Labute approximate surface area is 97.9 Å². The highest BCUT2D eigenvalue weighted by Crippen LogP contribution is 2.16. The first kappa shape index (κ1) is 11.1. The molecule has 0 unspecified atom stereocenters. The molecule has 0 bridgehead atoms. The molecule has 5 nitrogen and oxygen atoms in total. The lowest BCUT2D eigenvalue weighted by molar-refractivity contribution is 0.490. The zero-order valence-corrected chi connectivity index (χ0v) is 9.91. The molecule has 2 aromatic heterocycles. The van der Waals surface area contributed by atoms with E-state index in [-0.39, 0.29) is 0 Å². The summed E-state index contributed by atoms with van der Waals surface area (Å²) in [5.41, 5.74) is 5.42. The molecular weight excluding hydrogens is 224 g/mol. The highest BCUT2D eigenvalue weighted by molar-refractivity contribution is 7.09. The Morgan fingerprint density at radius 1 is 1.50 bits per heavy atom. The van der Waals surface area contributed by atoms with Crippen molar-refractivity contribution in [1.29, 1.82) is 0 Å². The van der Waals surface area contributed by atoms with Gasteiger partial charge in [-0.1, -0.05) is 11.2 Å². The maximum atomic E-state index is 5.46. The van der Waals surface area contributed by atoms with Crippen LogP contribution < -0.4 is 10.6 Å². The molecule has 16 heavy (non-hydrogen) atoms. The first-order valence-corrected chi connectivity index (χ1v) is 5.93. The lowest BCUT2D eigenvalue weighted by Gasteiger charge is -2.11. The molecule has 0 aliphatic carbocycles. The molecule has 0 amide bonds. The third-order valence-electron chi connectivity index (χ3n) is 2.11. The number of aromatic nitrogens is 2. The SMILES string of the molecule is CN(Cc1cccs1)c1nnc(CCN)o1. The minimum Gasteiger partial charge on any atom is -0.408 e. The number of hydrogen-bond acceptors (Lipinski definition) is 6. The van der Waals surface area contributed by atoms with E-state index in [0.717, 1.165) is 6.54 Å². The van der Waals surface area contributed by atoms with Gasteiger partial charge in [-0.05, 0) is 11.4 Å². The monoisotopic (exact) mass is 238 g/mol. The summed E-state index contributed by atoms with van der Waals surface area (Å²) in [5.74, 6) is 0.593. The van der Waals surface area contributed by atoms with Crippen LogP contribution in [0.2, 0.25) is 0 Å². The summed E-state index contributed by atoms with van der Waals surface area (Å²) in [7, 11) is 1.93. The molecule has 0 atom stereocenters. The molecule has 0 fully saturated rings. The second kappa shape index (κ2) is 5.09. The second-order valence-electron chi connectivity index (χ2n) is 3.45. The van der Waals surface area contributed by atoms with E-state index in [1.54, 1.807) is 11.3 Å². The van der Waals surface area contributed by atoms with Crippen LogP contribution in [0.5, 0.6) is 0 Å². The van der Waals surface area contributed by atoms with Gasteiger partial charge in [-0.3, -0.25) is 0 Å². The largest absolute Gasteiger partial charge is 0.408 e. The smallest absolute Gasteiger partial charge is 0.318 e. The minimum absolute atomic E-state index is 0.524. The summed E-state index contributed by atoms with van der Waals surface area (Å²) < 4.78 is 5.46. The molecule has 2 rings (SSSR count). The van der Waals surface area contributed by atoms with Crippen LogP contribution in [-0.2, 0) is 13.0 Å². The fraction of sp³-hybridized carbons (Fsp3) is 0.400. The molecule has 0 radical (unpaired) electrons. The zero-order valence-electron chi connectivity index (χ0n) is 9.09. The van der Waals surface area contributed by atoms with Crippen molar-refractivity contribution in [2.45, 2.75) is 13.0 Å². The van der Waals surface area contributed by atoms with Crippen molar-refractivity contribution in [1.82, 2.24) is 10.2 Å². The summed E-state index contributed by atoms with van der Waals surface area (Å²) in [6.45, 7) is 1.30. The fourth-order valence-electron chi connectivity index (χ4n) is 1.33. The predicted octanol–water partition coefficient (Wildman–Crippen LogP) is 1.27. The first-order valence-electron chi connectivity index (χ1n) is 5.05. The highest BCUT2D eigenvalue weighted by atomic mass is 32.1. The van der Waals surface area contributed by atoms with E-state index < -0.39 is 0 Å². The molecule has 86 valence electrons. The van der Waals surface area contributed by atoms with E-state index in [1.807, 2.05) is 18.0 Å². The van der Waals surface area contributed by atoms with Crippen LogP contribution in [0.15, 0.2) is 21.9 Å².